The molecule has 0 aromatic heterocycles. The fourth-order valence-electron chi connectivity index (χ4n) is 2.29. The van der Waals surface area contributed by atoms with Gasteiger partial charge in [0.1, 0.15) is 0 Å². The van der Waals surface area contributed by atoms with Crippen LogP contribution in [0.5, 0.6) is 0 Å². The van der Waals surface area contributed by atoms with Gasteiger partial charge in [0.25, 0.3) is 0 Å². The van der Waals surface area contributed by atoms with E-state index in [0.717, 1.165) is 45.3 Å². The molecular weight excluding hydrogens is 206 g/mol. The van der Waals surface area contributed by atoms with Crippen LogP contribution in [0.15, 0.2) is 0 Å². The molecule has 1 N–H and O–H groups in total. The molecule has 0 unspecified atom stereocenters. The number of hydrogen-bond acceptors (Lipinski definition) is 3. The Morgan fingerprint density at radius 1 is 1.12 bits per heavy atom. The van der Waals surface area contributed by atoms with Gasteiger partial charge in [-0.3, -0.25) is 4.79 Å². The summed E-state index contributed by atoms with van der Waals surface area (Å²) < 4.78 is 10.9. The Bertz CT molecular complexity index is 198. The van der Waals surface area contributed by atoms with Crippen LogP contribution in [0.25, 0.3) is 0 Å². The summed E-state index contributed by atoms with van der Waals surface area (Å²) in [6, 6.07) is 0. The fourth-order valence-corrected chi connectivity index (χ4v) is 2.29. The van der Waals surface area contributed by atoms with E-state index in [2.05, 4.69) is 5.32 Å². The van der Waals surface area contributed by atoms with E-state index in [-0.39, 0.29) is 12.0 Å². The van der Waals surface area contributed by atoms with E-state index in [1.54, 1.807) is 0 Å². The lowest BCUT2D eigenvalue weighted by Crippen LogP contribution is -2.32. The Labute approximate surface area is 96.7 Å². The third-order valence-electron chi connectivity index (χ3n) is 3.27. The van der Waals surface area contributed by atoms with Gasteiger partial charge in [-0.15, -0.1) is 0 Å². The second-order valence-corrected chi connectivity index (χ2v) is 4.61. The van der Waals surface area contributed by atoms with Crippen molar-refractivity contribution in [2.75, 3.05) is 19.8 Å². The van der Waals surface area contributed by atoms with Crippen molar-refractivity contribution in [1.82, 2.24) is 5.32 Å². The van der Waals surface area contributed by atoms with Crippen LogP contribution in [-0.4, -0.2) is 37.9 Å². The van der Waals surface area contributed by atoms with Crippen LogP contribution in [0, 0.1) is 0 Å². The number of nitrogens with one attached hydrogen (secondary N) is 1. The van der Waals surface area contributed by atoms with Crippen molar-refractivity contribution in [2.24, 2.45) is 0 Å². The van der Waals surface area contributed by atoms with Crippen molar-refractivity contribution in [1.29, 1.82) is 0 Å². The van der Waals surface area contributed by atoms with Gasteiger partial charge in [-0.05, 0) is 32.1 Å². The monoisotopic (exact) mass is 227 g/mol. The lowest BCUT2D eigenvalue weighted by atomic mass is 10.1. The highest BCUT2D eigenvalue weighted by molar-refractivity contribution is 5.75. The van der Waals surface area contributed by atoms with Crippen molar-refractivity contribution < 1.29 is 14.3 Å². The predicted octanol–water partition coefficient (Wildman–Crippen LogP) is 1.24. The van der Waals surface area contributed by atoms with E-state index in [4.69, 9.17) is 9.47 Å². The maximum Gasteiger partial charge on any atom is 0.220 e. The number of hydrogen-bond donors (Lipinski definition) is 1. The summed E-state index contributed by atoms with van der Waals surface area (Å²) in [6.45, 7) is 2.38. The highest BCUT2D eigenvalue weighted by Gasteiger charge is 2.18. The summed E-state index contributed by atoms with van der Waals surface area (Å²) in [5, 5.41) is 2.93. The molecule has 1 amide bonds. The van der Waals surface area contributed by atoms with Crippen LogP contribution in [0.3, 0.4) is 0 Å². The second-order valence-electron chi connectivity index (χ2n) is 4.61. The SMILES string of the molecule is O=C(CC[C@@H]1CCCO1)NC[C@@H]1CCCO1. The average molecular weight is 227 g/mol. The first-order chi connectivity index (χ1) is 7.84. The molecule has 2 saturated heterocycles. The molecular formula is C12H21NO3. The number of carbonyl (C=O) groups is 1. The minimum absolute atomic E-state index is 0.131. The third kappa shape index (κ3) is 3.76. The summed E-state index contributed by atoms with van der Waals surface area (Å²) in [4.78, 5) is 11.5. The van der Waals surface area contributed by atoms with E-state index >= 15 is 0 Å². The van der Waals surface area contributed by atoms with Gasteiger partial charge in [-0.2, -0.15) is 0 Å². The molecule has 16 heavy (non-hydrogen) atoms. The Morgan fingerprint density at radius 3 is 2.44 bits per heavy atom. The van der Waals surface area contributed by atoms with Crippen LogP contribution >= 0.6 is 0 Å². The van der Waals surface area contributed by atoms with E-state index in [0.29, 0.717) is 19.1 Å². The molecule has 92 valence electrons. The zero-order chi connectivity index (χ0) is 11.2. The number of amides is 1. The molecule has 2 rings (SSSR count). The topological polar surface area (TPSA) is 47.6 Å². The largest absolute Gasteiger partial charge is 0.378 e. The highest BCUT2D eigenvalue weighted by Crippen LogP contribution is 2.16. The first-order valence-corrected chi connectivity index (χ1v) is 6.34. The van der Waals surface area contributed by atoms with Gasteiger partial charge in [-0.25, -0.2) is 0 Å². The first kappa shape index (κ1) is 11.9. The molecule has 2 fully saturated rings. The van der Waals surface area contributed by atoms with E-state index in [1.165, 1.54) is 0 Å². The van der Waals surface area contributed by atoms with Crippen LogP contribution in [0.2, 0.25) is 0 Å². The van der Waals surface area contributed by atoms with Crippen LogP contribution in [-0.2, 0) is 14.3 Å². The third-order valence-corrected chi connectivity index (χ3v) is 3.27. The van der Waals surface area contributed by atoms with Gasteiger partial charge in [-0.1, -0.05) is 0 Å². The predicted molar refractivity (Wildman–Crippen MR) is 60.2 cm³/mol. The molecule has 0 saturated carbocycles. The zero-order valence-corrected chi connectivity index (χ0v) is 9.74. The molecule has 4 heteroatoms. The average Bonchev–Trinajstić information content (AvgIpc) is 2.96. The van der Waals surface area contributed by atoms with Crippen LogP contribution in [0.1, 0.15) is 38.5 Å². The minimum atomic E-state index is 0.131. The van der Waals surface area contributed by atoms with Crippen LogP contribution < -0.4 is 5.32 Å². The van der Waals surface area contributed by atoms with Crippen molar-refractivity contribution in [3.63, 3.8) is 0 Å². The lowest BCUT2D eigenvalue weighted by molar-refractivity contribution is -0.122. The van der Waals surface area contributed by atoms with Gasteiger partial charge in [0.2, 0.25) is 5.91 Å². The second kappa shape index (κ2) is 6.21. The molecule has 2 aliphatic rings. The van der Waals surface area contributed by atoms with Crippen LogP contribution in [0.4, 0.5) is 0 Å². The van der Waals surface area contributed by atoms with Gasteiger partial charge in [0.15, 0.2) is 0 Å². The summed E-state index contributed by atoms with van der Waals surface area (Å²) in [5.74, 6) is 0.131. The van der Waals surface area contributed by atoms with Gasteiger partial charge in [0.05, 0.1) is 12.2 Å². The first-order valence-electron chi connectivity index (χ1n) is 6.34. The zero-order valence-electron chi connectivity index (χ0n) is 9.74. The summed E-state index contributed by atoms with van der Waals surface area (Å²) >= 11 is 0. The molecule has 0 bridgehead atoms. The molecule has 0 aromatic carbocycles. The van der Waals surface area contributed by atoms with E-state index in [9.17, 15) is 4.79 Å². The molecule has 0 radical (unpaired) electrons. The molecule has 2 heterocycles. The Hall–Kier alpha value is -0.610. The lowest BCUT2D eigenvalue weighted by Gasteiger charge is -2.12. The van der Waals surface area contributed by atoms with E-state index < -0.39 is 0 Å². The van der Waals surface area contributed by atoms with Crippen molar-refractivity contribution in [2.45, 2.75) is 50.7 Å². The summed E-state index contributed by atoms with van der Waals surface area (Å²) in [7, 11) is 0. The quantitative estimate of drug-likeness (QED) is 0.768. The Balaban J connectivity index is 1.53. The van der Waals surface area contributed by atoms with Gasteiger partial charge in [0, 0.05) is 26.2 Å². The smallest absolute Gasteiger partial charge is 0.220 e. The Kier molecular flexibility index (Phi) is 4.60. The van der Waals surface area contributed by atoms with Crippen molar-refractivity contribution in [3.05, 3.63) is 0 Å². The molecule has 0 spiro atoms. The number of carbonyl (C=O) groups excluding carboxylic acids is 1. The normalized spacial score (nSPS) is 29.5. The summed E-state index contributed by atoms with van der Waals surface area (Å²) in [5.41, 5.74) is 0. The molecule has 4 nitrogen and oxygen atoms in total. The standard InChI is InChI=1S/C12H21NO3/c14-12(6-5-10-3-1-7-15-10)13-9-11-4-2-8-16-11/h10-11H,1-9H2,(H,13,14)/t10-,11-/m0/s1. The maximum absolute atomic E-state index is 11.5. The molecule has 0 aromatic rings. The molecule has 2 aliphatic heterocycles. The number of ether oxygens (including phenoxy) is 2. The van der Waals surface area contributed by atoms with Crippen molar-refractivity contribution >= 4 is 5.91 Å². The van der Waals surface area contributed by atoms with E-state index in [1.807, 2.05) is 0 Å². The fraction of sp³-hybridized carbons (Fsp3) is 0.917. The summed E-state index contributed by atoms with van der Waals surface area (Å²) in [6.07, 6.45) is 6.44. The van der Waals surface area contributed by atoms with Gasteiger partial charge >= 0.3 is 0 Å². The highest BCUT2D eigenvalue weighted by atomic mass is 16.5. The van der Waals surface area contributed by atoms with Gasteiger partial charge < -0.3 is 14.8 Å². The minimum Gasteiger partial charge on any atom is -0.378 e. The Morgan fingerprint density at radius 2 is 1.81 bits per heavy atom. The number of rotatable bonds is 5. The van der Waals surface area contributed by atoms with Crippen molar-refractivity contribution in [3.8, 4) is 0 Å². The molecule has 2 atom stereocenters. The maximum atomic E-state index is 11.5. The molecule has 0 aliphatic carbocycles.